The topological polar surface area (TPSA) is 63.4 Å². The third kappa shape index (κ3) is 2.88. The maximum Gasteiger partial charge on any atom is 0.244 e. The summed E-state index contributed by atoms with van der Waals surface area (Å²) in [6, 6.07) is 1.77. The molecule has 1 fully saturated rings. The summed E-state index contributed by atoms with van der Waals surface area (Å²) in [6.07, 6.45) is 0.873. The van der Waals surface area contributed by atoms with Crippen LogP contribution in [0.15, 0.2) is 11.0 Å². The summed E-state index contributed by atoms with van der Waals surface area (Å²) in [4.78, 5) is 2.38. The van der Waals surface area contributed by atoms with E-state index in [1.807, 2.05) is 13.8 Å². The molecule has 0 amide bonds. The molecule has 2 heterocycles. The quantitative estimate of drug-likeness (QED) is 0.925. The summed E-state index contributed by atoms with van der Waals surface area (Å²) < 4.78 is 26.4. The van der Waals surface area contributed by atoms with Crippen molar-refractivity contribution in [1.82, 2.24) is 4.31 Å². The van der Waals surface area contributed by atoms with E-state index in [1.54, 1.807) is 10.4 Å². The molecule has 0 aromatic carbocycles. The van der Waals surface area contributed by atoms with Crippen molar-refractivity contribution < 1.29 is 8.42 Å². The number of hydrogen-bond acceptors (Lipinski definition) is 4. The van der Waals surface area contributed by atoms with Crippen LogP contribution in [0.3, 0.4) is 0 Å². The van der Waals surface area contributed by atoms with Crippen LogP contribution in [0.5, 0.6) is 0 Å². The van der Waals surface area contributed by atoms with E-state index in [4.69, 9.17) is 5.73 Å². The van der Waals surface area contributed by atoms with Gasteiger partial charge >= 0.3 is 0 Å². The molecule has 1 aromatic rings. The molecule has 4 nitrogen and oxygen atoms in total. The highest BCUT2D eigenvalue weighted by Crippen LogP contribution is 2.30. The Morgan fingerprint density at radius 1 is 1.50 bits per heavy atom. The fourth-order valence-corrected chi connectivity index (χ4v) is 5.27. The Hall–Kier alpha value is -0.140. The molecule has 2 N–H and O–H groups in total. The van der Waals surface area contributed by atoms with Crippen LogP contribution < -0.4 is 5.73 Å². The lowest BCUT2D eigenvalue weighted by molar-refractivity contribution is 0.459. The first-order valence-corrected chi connectivity index (χ1v) is 7.98. The highest BCUT2D eigenvalue weighted by molar-refractivity contribution is 7.89. The molecule has 1 aromatic heterocycles. The molecular weight excluding hydrogens is 292 g/mol. The summed E-state index contributed by atoms with van der Waals surface area (Å²) in [5.41, 5.74) is 5.59. The molecular formula is C11H19ClN2O2S2. The molecule has 0 aliphatic carbocycles. The van der Waals surface area contributed by atoms with Gasteiger partial charge < -0.3 is 5.73 Å². The van der Waals surface area contributed by atoms with Crippen LogP contribution in [0, 0.1) is 19.8 Å². The van der Waals surface area contributed by atoms with Crippen molar-refractivity contribution in [2.24, 2.45) is 11.7 Å². The monoisotopic (exact) mass is 310 g/mol. The van der Waals surface area contributed by atoms with Gasteiger partial charge in [-0.25, -0.2) is 8.42 Å². The molecule has 2 rings (SSSR count). The Balaban J connectivity index is 0.00000162. The third-order valence-electron chi connectivity index (χ3n) is 3.20. The second-order valence-corrected chi connectivity index (χ2v) is 7.90. The van der Waals surface area contributed by atoms with E-state index >= 15 is 0 Å². The predicted molar refractivity (Wildman–Crippen MR) is 77.0 cm³/mol. The summed E-state index contributed by atoms with van der Waals surface area (Å²) >= 11 is 1.53. The Bertz CT molecular complexity index is 513. The molecule has 1 atom stereocenters. The summed E-state index contributed by atoms with van der Waals surface area (Å²) in [5, 5.41) is 0. The van der Waals surface area contributed by atoms with Gasteiger partial charge in [0, 0.05) is 22.8 Å². The van der Waals surface area contributed by atoms with Crippen LogP contribution in [0.25, 0.3) is 0 Å². The Morgan fingerprint density at radius 3 is 2.61 bits per heavy atom. The van der Waals surface area contributed by atoms with Gasteiger partial charge in [-0.2, -0.15) is 4.31 Å². The third-order valence-corrected chi connectivity index (χ3v) is 6.28. The van der Waals surface area contributed by atoms with Crippen LogP contribution in [0.4, 0.5) is 0 Å². The minimum absolute atomic E-state index is 0. The van der Waals surface area contributed by atoms with Gasteiger partial charge in [-0.1, -0.05) is 0 Å². The zero-order valence-electron chi connectivity index (χ0n) is 10.5. The van der Waals surface area contributed by atoms with Gasteiger partial charge in [0.05, 0.1) is 4.90 Å². The molecule has 0 saturated carbocycles. The van der Waals surface area contributed by atoms with Crippen LogP contribution in [0.2, 0.25) is 0 Å². The second-order valence-electron chi connectivity index (χ2n) is 4.53. The van der Waals surface area contributed by atoms with E-state index in [-0.39, 0.29) is 12.4 Å². The molecule has 1 aliphatic rings. The van der Waals surface area contributed by atoms with E-state index < -0.39 is 10.0 Å². The average molecular weight is 311 g/mol. The predicted octanol–water partition coefficient (Wildman–Crippen LogP) is 1.76. The lowest BCUT2D eigenvalue weighted by Gasteiger charge is -2.16. The van der Waals surface area contributed by atoms with Gasteiger partial charge in [-0.15, -0.1) is 23.7 Å². The number of hydrogen-bond donors (Lipinski definition) is 1. The van der Waals surface area contributed by atoms with Crippen LogP contribution in [0.1, 0.15) is 16.2 Å². The van der Waals surface area contributed by atoms with Crippen molar-refractivity contribution >= 4 is 33.8 Å². The number of aryl methyl sites for hydroxylation is 2. The van der Waals surface area contributed by atoms with Gasteiger partial charge in [0.1, 0.15) is 0 Å². The minimum Gasteiger partial charge on any atom is -0.330 e. The summed E-state index contributed by atoms with van der Waals surface area (Å²) in [7, 11) is -3.30. The molecule has 104 valence electrons. The van der Waals surface area contributed by atoms with Crippen molar-refractivity contribution in [2.75, 3.05) is 19.6 Å². The Kier molecular flexibility index (Phi) is 5.20. The van der Waals surface area contributed by atoms with Crippen molar-refractivity contribution in [2.45, 2.75) is 25.2 Å². The van der Waals surface area contributed by atoms with E-state index in [1.165, 1.54) is 11.3 Å². The van der Waals surface area contributed by atoms with E-state index in [2.05, 4.69) is 0 Å². The maximum absolute atomic E-state index is 12.4. The molecule has 18 heavy (non-hydrogen) atoms. The molecule has 1 aliphatic heterocycles. The fourth-order valence-electron chi connectivity index (χ4n) is 2.21. The zero-order valence-corrected chi connectivity index (χ0v) is 13.0. The standard InChI is InChI=1S/C11H18N2O2S2.ClH/c1-8-5-11(9(2)16-8)17(14,15)13-4-3-10(6-12)7-13;/h5,10H,3-4,6-7,12H2,1-2H3;1H. The first-order chi connectivity index (χ1) is 7.95. The van der Waals surface area contributed by atoms with Crippen molar-refractivity contribution in [1.29, 1.82) is 0 Å². The van der Waals surface area contributed by atoms with Gasteiger partial charge in [0.15, 0.2) is 0 Å². The van der Waals surface area contributed by atoms with Crippen molar-refractivity contribution in [3.8, 4) is 0 Å². The summed E-state index contributed by atoms with van der Waals surface area (Å²) in [6.45, 7) is 5.52. The molecule has 0 bridgehead atoms. The molecule has 7 heteroatoms. The van der Waals surface area contributed by atoms with Crippen molar-refractivity contribution in [3.05, 3.63) is 15.8 Å². The number of nitrogens with two attached hydrogens (primary N) is 1. The number of nitrogens with zero attached hydrogens (tertiary/aromatic N) is 1. The molecule has 1 unspecified atom stereocenters. The minimum atomic E-state index is -3.30. The molecule has 1 saturated heterocycles. The smallest absolute Gasteiger partial charge is 0.244 e. The Labute approximate surface area is 119 Å². The molecule has 0 spiro atoms. The van der Waals surface area contributed by atoms with Crippen LogP contribution in [-0.4, -0.2) is 32.4 Å². The average Bonchev–Trinajstić information content (AvgIpc) is 2.85. The number of rotatable bonds is 3. The lowest BCUT2D eigenvalue weighted by Crippen LogP contribution is -2.30. The summed E-state index contributed by atoms with van der Waals surface area (Å²) in [5.74, 6) is 0.310. The Morgan fingerprint density at radius 2 is 2.17 bits per heavy atom. The lowest BCUT2D eigenvalue weighted by atomic mass is 10.1. The largest absolute Gasteiger partial charge is 0.330 e. The highest BCUT2D eigenvalue weighted by Gasteiger charge is 2.33. The second kappa shape index (κ2) is 5.88. The van der Waals surface area contributed by atoms with Gasteiger partial charge in [-0.05, 0) is 38.8 Å². The highest BCUT2D eigenvalue weighted by atomic mass is 35.5. The fraction of sp³-hybridized carbons (Fsp3) is 0.636. The number of thiophene rings is 1. The van der Waals surface area contributed by atoms with Gasteiger partial charge in [0.25, 0.3) is 0 Å². The van der Waals surface area contributed by atoms with Crippen molar-refractivity contribution in [3.63, 3.8) is 0 Å². The van der Waals surface area contributed by atoms with Crippen LogP contribution >= 0.6 is 23.7 Å². The van der Waals surface area contributed by atoms with E-state index in [0.717, 1.165) is 16.2 Å². The van der Waals surface area contributed by atoms with Crippen LogP contribution in [-0.2, 0) is 10.0 Å². The first-order valence-electron chi connectivity index (χ1n) is 5.72. The normalized spacial score (nSPS) is 20.9. The number of halogens is 1. The number of sulfonamides is 1. The zero-order chi connectivity index (χ0) is 12.6. The maximum atomic E-state index is 12.4. The SMILES string of the molecule is Cc1cc(S(=O)(=O)N2CCC(CN)C2)c(C)s1.Cl. The van der Waals surface area contributed by atoms with Gasteiger partial charge in [-0.3, -0.25) is 0 Å². The van der Waals surface area contributed by atoms with E-state index in [0.29, 0.717) is 30.4 Å². The van der Waals surface area contributed by atoms with Gasteiger partial charge in [0.2, 0.25) is 10.0 Å². The van der Waals surface area contributed by atoms with E-state index in [9.17, 15) is 8.42 Å². The first kappa shape index (κ1) is 15.9. The molecule has 0 radical (unpaired) electrons.